The number of nitrogens with two attached hydrogens (primary N) is 1. The van der Waals surface area contributed by atoms with E-state index in [1.54, 1.807) is 0 Å². The van der Waals surface area contributed by atoms with E-state index < -0.39 is 0 Å². The Labute approximate surface area is 181 Å². The van der Waals surface area contributed by atoms with Crippen LogP contribution in [0.1, 0.15) is 51.0 Å². The van der Waals surface area contributed by atoms with E-state index in [1.165, 1.54) is 25.9 Å². The predicted molar refractivity (Wildman–Crippen MR) is 119 cm³/mol. The average Bonchev–Trinajstić information content (AvgIpc) is 3.14. The molecule has 2 unspecified atom stereocenters. The first-order chi connectivity index (χ1) is 12.5. The highest BCUT2D eigenvalue weighted by Gasteiger charge is 2.37. The van der Waals surface area contributed by atoms with Crippen LogP contribution in [0.15, 0.2) is 24.3 Å². The van der Waals surface area contributed by atoms with Gasteiger partial charge in [-0.05, 0) is 63.4 Å². The minimum atomic E-state index is -0.380. The lowest BCUT2D eigenvalue weighted by Crippen LogP contribution is -2.52. The molecule has 160 valence electrons. The zero-order valence-electron chi connectivity index (χ0n) is 16.8. The van der Waals surface area contributed by atoms with Gasteiger partial charge in [-0.1, -0.05) is 25.0 Å². The van der Waals surface area contributed by atoms with Crippen LogP contribution in [0.4, 0.5) is 0 Å². The van der Waals surface area contributed by atoms with Crippen molar-refractivity contribution < 1.29 is 9.53 Å². The molecule has 1 saturated heterocycles. The Balaban J connectivity index is 0.00000196. The van der Waals surface area contributed by atoms with Gasteiger partial charge in [0.1, 0.15) is 12.4 Å². The molecule has 1 aliphatic heterocycles. The fraction of sp³-hybridized carbons (Fsp3) is 0.667. The number of benzene rings is 1. The highest BCUT2D eigenvalue weighted by Crippen LogP contribution is 2.31. The van der Waals surface area contributed by atoms with Gasteiger partial charge < -0.3 is 15.8 Å². The van der Waals surface area contributed by atoms with E-state index in [0.29, 0.717) is 6.54 Å². The summed E-state index contributed by atoms with van der Waals surface area (Å²) < 4.78 is 5.83. The molecule has 2 atom stereocenters. The van der Waals surface area contributed by atoms with Crippen molar-refractivity contribution in [1.82, 2.24) is 10.2 Å². The molecule has 7 heteroatoms. The number of nitrogens with zero attached hydrogens (tertiary/aromatic N) is 1. The Kier molecular flexibility index (Phi) is 10.6. The van der Waals surface area contributed by atoms with Crippen LogP contribution in [0.3, 0.4) is 0 Å². The zero-order valence-corrected chi connectivity index (χ0v) is 18.5. The van der Waals surface area contributed by atoms with E-state index in [0.717, 1.165) is 50.1 Å². The highest BCUT2D eigenvalue weighted by atomic mass is 35.5. The Morgan fingerprint density at radius 1 is 1.18 bits per heavy atom. The number of amides is 1. The van der Waals surface area contributed by atoms with E-state index in [9.17, 15) is 4.79 Å². The summed E-state index contributed by atoms with van der Waals surface area (Å²) in [4.78, 5) is 14.9. The van der Waals surface area contributed by atoms with Crippen molar-refractivity contribution in [2.45, 2.75) is 57.5 Å². The number of likely N-dealkylation sites (tertiary alicyclic amines) is 1. The molecule has 1 aromatic rings. The van der Waals surface area contributed by atoms with Gasteiger partial charge in [0.2, 0.25) is 5.91 Å². The van der Waals surface area contributed by atoms with Crippen LogP contribution < -0.4 is 15.8 Å². The maximum Gasteiger partial charge on any atom is 0.225 e. The molecule has 1 amide bonds. The van der Waals surface area contributed by atoms with E-state index in [2.05, 4.69) is 10.2 Å². The summed E-state index contributed by atoms with van der Waals surface area (Å²) >= 11 is 0. The van der Waals surface area contributed by atoms with Gasteiger partial charge in [0, 0.05) is 18.6 Å². The van der Waals surface area contributed by atoms with Crippen molar-refractivity contribution >= 4 is 30.7 Å². The van der Waals surface area contributed by atoms with E-state index in [4.69, 9.17) is 10.5 Å². The summed E-state index contributed by atoms with van der Waals surface area (Å²) in [5.41, 5.74) is 7.03. The number of halogens is 2. The van der Waals surface area contributed by atoms with Crippen molar-refractivity contribution in [2.24, 2.45) is 11.7 Å². The molecule has 2 fully saturated rings. The third-order valence-electron chi connectivity index (χ3n) is 5.84. The Morgan fingerprint density at radius 2 is 1.86 bits per heavy atom. The number of carbonyl (C=O) groups is 1. The molecule has 1 heterocycles. The summed E-state index contributed by atoms with van der Waals surface area (Å²) in [6.07, 6.45) is 6.65. The molecule has 3 rings (SSSR count). The maximum atomic E-state index is 12.5. The Bertz CT molecular complexity index is 590. The predicted octanol–water partition coefficient (Wildman–Crippen LogP) is 3.53. The van der Waals surface area contributed by atoms with Crippen LogP contribution in [0.2, 0.25) is 0 Å². The molecule has 2 aliphatic rings. The highest BCUT2D eigenvalue weighted by molar-refractivity contribution is 5.85. The van der Waals surface area contributed by atoms with Gasteiger partial charge in [0.15, 0.2) is 0 Å². The van der Waals surface area contributed by atoms with Crippen LogP contribution in [0.25, 0.3) is 0 Å². The summed E-state index contributed by atoms with van der Waals surface area (Å²) in [6, 6.07) is 8.01. The monoisotopic (exact) mass is 431 g/mol. The molecule has 0 spiro atoms. The third kappa shape index (κ3) is 7.11. The smallest absolute Gasteiger partial charge is 0.225 e. The minimum Gasteiger partial charge on any atom is -0.492 e. The topological polar surface area (TPSA) is 67.6 Å². The van der Waals surface area contributed by atoms with Gasteiger partial charge in [-0.3, -0.25) is 9.69 Å². The summed E-state index contributed by atoms with van der Waals surface area (Å²) in [6.45, 7) is 6.67. The molecule has 0 aromatic heterocycles. The summed E-state index contributed by atoms with van der Waals surface area (Å²) in [5.74, 6) is 0.895. The van der Waals surface area contributed by atoms with E-state index in [-0.39, 0.29) is 42.2 Å². The van der Waals surface area contributed by atoms with Crippen molar-refractivity contribution in [2.75, 3.05) is 26.2 Å². The lowest BCUT2D eigenvalue weighted by atomic mass is 9.74. The van der Waals surface area contributed by atoms with Gasteiger partial charge in [-0.2, -0.15) is 0 Å². The molecular formula is C21H35Cl2N3O2. The zero-order chi connectivity index (χ0) is 18.4. The molecule has 0 bridgehead atoms. The van der Waals surface area contributed by atoms with Crippen LogP contribution >= 0.6 is 24.8 Å². The number of hydrogen-bond acceptors (Lipinski definition) is 4. The second-order valence-corrected chi connectivity index (χ2v) is 8.06. The van der Waals surface area contributed by atoms with E-state index >= 15 is 0 Å². The largest absolute Gasteiger partial charge is 0.492 e. The quantitative estimate of drug-likeness (QED) is 0.692. The lowest BCUT2D eigenvalue weighted by molar-refractivity contribution is -0.128. The normalized spacial score (nSPS) is 24.7. The minimum absolute atomic E-state index is 0. The van der Waals surface area contributed by atoms with Crippen molar-refractivity contribution in [3.05, 3.63) is 29.8 Å². The first-order valence-electron chi connectivity index (χ1n) is 10.1. The number of ether oxygens (including phenoxy) is 1. The van der Waals surface area contributed by atoms with Crippen molar-refractivity contribution in [3.8, 4) is 5.75 Å². The molecule has 5 nitrogen and oxygen atoms in total. The lowest BCUT2D eigenvalue weighted by Gasteiger charge is -2.37. The van der Waals surface area contributed by atoms with Gasteiger partial charge in [0.05, 0.1) is 5.92 Å². The summed E-state index contributed by atoms with van der Waals surface area (Å²) in [5, 5.41) is 3.06. The maximum absolute atomic E-state index is 12.5. The molecule has 1 aliphatic carbocycles. The Hall–Kier alpha value is -1.01. The van der Waals surface area contributed by atoms with Crippen molar-refractivity contribution in [1.29, 1.82) is 0 Å². The van der Waals surface area contributed by atoms with Gasteiger partial charge in [0.25, 0.3) is 0 Å². The fourth-order valence-corrected chi connectivity index (χ4v) is 4.10. The molecular weight excluding hydrogens is 397 g/mol. The second kappa shape index (κ2) is 11.9. The molecule has 28 heavy (non-hydrogen) atoms. The van der Waals surface area contributed by atoms with Crippen molar-refractivity contribution in [3.63, 3.8) is 0 Å². The van der Waals surface area contributed by atoms with Gasteiger partial charge >= 0.3 is 0 Å². The fourth-order valence-electron chi connectivity index (χ4n) is 4.10. The SMILES string of the molecule is CC1(N)CCCCC1C(=O)NCc1ccc(OCCN2CCCC2)cc1.Cl.Cl. The number of hydrogen-bond donors (Lipinski definition) is 2. The average molecular weight is 432 g/mol. The van der Waals surface area contributed by atoms with Crippen LogP contribution in [0, 0.1) is 5.92 Å². The van der Waals surface area contributed by atoms with Gasteiger partial charge in [-0.25, -0.2) is 0 Å². The van der Waals surface area contributed by atoms with Crippen LogP contribution in [-0.4, -0.2) is 42.6 Å². The number of rotatable bonds is 7. The molecule has 1 saturated carbocycles. The molecule has 3 N–H and O–H groups in total. The standard InChI is InChI=1S/C21H33N3O2.2ClH/c1-21(22)11-3-2-6-19(21)20(25)23-16-17-7-9-18(10-8-17)26-15-14-24-12-4-5-13-24;;/h7-10,19H,2-6,11-16,22H2,1H3,(H,23,25);2*1H. The number of carbonyl (C=O) groups excluding carboxylic acids is 1. The Morgan fingerprint density at radius 3 is 2.50 bits per heavy atom. The second-order valence-electron chi connectivity index (χ2n) is 8.06. The molecule has 1 aromatic carbocycles. The van der Waals surface area contributed by atoms with E-state index in [1.807, 2.05) is 31.2 Å². The first kappa shape index (κ1) is 25.0. The first-order valence-corrected chi connectivity index (χ1v) is 10.1. The molecule has 0 radical (unpaired) electrons. The van der Waals surface area contributed by atoms with Crippen LogP contribution in [-0.2, 0) is 11.3 Å². The third-order valence-corrected chi connectivity index (χ3v) is 5.84. The van der Waals surface area contributed by atoms with Gasteiger partial charge in [-0.15, -0.1) is 24.8 Å². The summed E-state index contributed by atoms with van der Waals surface area (Å²) in [7, 11) is 0. The number of nitrogens with one attached hydrogen (secondary N) is 1. The van der Waals surface area contributed by atoms with Crippen LogP contribution in [0.5, 0.6) is 5.75 Å².